The second-order valence-corrected chi connectivity index (χ2v) is 6.94. The van der Waals surface area contributed by atoms with Gasteiger partial charge >= 0.3 is 0 Å². The number of hydrogen-bond acceptors (Lipinski definition) is 2. The first-order chi connectivity index (χ1) is 11.9. The van der Waals surface area contributed by atoms with E-state index in [0.29, 0.717) is 6.10 Å². The van der Waals surface area contributed by atoms with Gasteiger partial charge in [0.1, 0.15) is 7.85 Å². The molecule has 0 spiro atoms. The first kappa shape index (κ1) is 21.5. The van der Waals surface area contributed by atoms with Gasteiger partial charge < -0.3 is 9.47 Å². The lowest BCUT2D eigenvalue weighted by molar-refractivity contribution is 0.0405. The molecule has 1 saturated heterocycles. The van der Waals surface area contributed by atoms with Crippen LogP contribution in [0.4, 0.5) is 0 Å². The maximum absolute atomic E-state index is 5.78. The minimum absolute atomic E-state index is 0.378. The molecule has 0 saturated carbocycles. The molecule has 0 aliphatic carbocycles. The van der Waals surface area contributed by atoms with Gasteiger partial charge in [-0.2, -0.15) is 0 Å². The van der Waals surface area contributed by atoms with Crippen LogP contribution in [-0.4, -0.2) is 33.8 Å². The van der Waals surface area contributed by atoms with Gasteiger partial charge in [0.2, 0.25) is 0 Å². The first-order valence-corrected chi connectivity index (χ1v) is 10.4. The van der Waals surface area contributed by atoms with Gasteiger partial charge in [-0.15, -0.1) is 0 Å². The summed E-state index contributed by atoms with van der Waals surface area (Å²) in [5, 5.41) is 0. The summed E-state index contributed by atoms with van der Waals surface area (Å²) < 4.78 is 11.1. The minimum Gasteiger partial charge on any atom is -0.379 e. The fourth-order valence-electron chi connectivity index (χ4n) is 2.98. The molecule has 0 bridgehead atoms. The molecular weight excluding hydrogens is 295 g/mol. The van der Waals surface area contributed by atoms with Crippen LogP contribution in [0.1, 0.15) is 77.0 Å². The Morgan fingerprint density at radius 1 is 0.833 bits per heavy atom. The number of rotatable bonds is 16. The third kappa shape index (κ3) is 13.9. The Bertz CT molecular complexity index is 309. The highest BCUT2D eigenvalue weighted by molar-refractivity contribution is 6.08. The second-order valence-electron chi connectivity index (χ2n) is 6.94. The van der Waals surface area contributed by atoms with E-state index in [1.807, 2.05) is 0 Å². The Hall–Kier alpha value is -0.535. The van der Waals surface area contributed by atoms with Crippen molar-refractivity contribution in [1.82, 2.24) is 0 Å². The van der Waals surface area contributed by atoms with E-state index in [0.717, 1.165) is 32.7 Å². The van der Waals surface area contributed by atoms with Gasteiger partial charge in [-0.05, 0) is 38.5 Å². The van der Waals surface area contributed by atoms with Crippen molar-refractivity contribution >= 4 is 7.85 Å². The van der Waals surface area contributed by atoms with Crippen LogP contribution in [0.25, 0.3) is 0 Å². The van der Waals surface area contributed by atoms with Gasteiger partial charge in [0, 0.05) is 13.2 Å². The molecule has 1 aliphatic rings. The molecule has 0 radical (unpaired) electrons. The van der Waals surface area contributed by atoms with Crippen molar-refractivity contribution in [1.29, 1.82) is 0 Å². The highest BCUT2D eigenvalue weighted by atomic mass is 16.5. The predicted molar refractivity (Wildman–Crippen MR) is 108 cm³/mol. The third-order valence-electron chi connectivity index (χ3n) is 4.59. The normalized spacial score (nSPS) is 18.2. The van der Waals surface area contributed by atoms with Crippen molar-refractivity contribution in [2.45, 2.75) is 89.5 Å². The molecule has 24 heavy (non-hydrogen) atoms. The minimum atomic E-state index is 0.378. The van der Waals surface area contributed by atoms with Crippen molar-refractivity contribution in [3.63, 3.8) is 0 Å². The van der Waals surface area contributed by atoms with Gasteiger partial charge in [0.05, 0.1) is 12.7 Å². The number of allylic oxidation sites excluding steroid dienone is 4. The average Bonchev–Trinajstić information content (AvgIpc) is 3.11. The Morgan fingerprint density at radius 3 is 2.17 bits per heavy atom. The van der Waals surface area contributed by atoms with E-state index in [2.05, 4.69) is 32.2 Å². The van der Waals surface area contributed by atoms with Crippen molar-refractivity contribution in [3.8, 4) is 0 Å². The van der Waals surface area contributed by atoms with E-state index >= 15 is 0 Å². The lowest BCUT2D eigenvalue weighted by Gasteiger charge is -2.09. The van der Waals surface area contributed by atoms with Crippen LogP contribution in [0.15, 0.2) is 24.3 Å². The summed E-state index contributed by atoms with van der Waals surface area (Å²) in [6.45, 7) is 2.61. The molecule has 0 aromatic heterocycles. The van der Waals surface area contributed by atoms with E-state index in [1.165, 1.54) is 70.5 Å². The fraction of sp³-hybridized carbons (Fsp3) is 0.810. The molecule has 1 rings (SSSR count). The maximum atomic E-state index is 5.78. The number of unbranched alkanes of at least 4 members (excludes halogenated alkanes) is 8. The molecule has 138 valence electrons. The molecule has 3 heteroatoms. The SMILES string of the molecule is BCCCC/C=C\C/C=C\CCCCCCCCO[C@@H]1CCOC1. The Balaban J connectivity index is 1.73. The molecule has 0 aromatic rings. The third-order valence-corrected chi connectivity index (χ3v) is 4.59. The van der Waals surface area contributed by atoms with Crippen molar-refractivity contribution in [2.24, 2.45) is 0 Å². The second kappa shape index (κ2) is 17.3. The Labute approximate surface area is 151 Å². The molecule has 2 nitrogen and oxygen atoms in total. The topological polar surface area (TPSA) is 18.5 Å². The van der Waals surface area contributed by atoms with Crippen LogP contribution in [-0.2, 0) is 9.47 Å². The number of hydrogen-bond donors (Lipinski definition) is 0. The lowest BCUT2D eigenvalue weighted by Crippen LogP contribution is -2.12. The zero-order valence-electron chi connectivity index (χ0n) is 16.0. The summed E-state index contributed by atoms with van der Waals surface area (Å²) in [5.74, 6) is 0. The maximum Gasteiger partial charge on any atom is 0.101 e. The first-order valence-electron chi connectivity index (χ1n) is 10.4. The molecule has 0 aromatic carbocycles. The molecular formula is C21H39BO2. The van der Waals surface area contributed by atoms with Crippen molar-refractivity contribution in [3.05, 3.63) is 24.3 Å². The molecule has 1 fully saturated rings. The van der Waals surface area contributed by atoms with Gasteiger partial charge in [-0.25, -0.2) is 0 Å². The van der Waals surface area contributed by atoms with Gasteiger partial charge in [0.15, 0.2) is 0 Å². The van der Waals surface area contributed by atoms with E-state index < -0.39 is 0 Å². The highest BCUT2D eigenvalue weighted by Crippen LogP contribution is 2.11. The zero-order valence-corrected chi connectivity index (χ0v) is 16.0. The quantitative estimate of drug-likeness (QED) is 0.218. The summed E-state index contributed by atoms with van der Waals surface area (Å²) in [5.41, 5.74) is 0. The standard InChI is InChI=1S/C21H39BO2/c22-17-14-12-10-8-6-4-2-1-3-5-7-9-11-13-15-18-24-21-16-19-23-20-21/h1-2,6,8,21H,3-5,7,9-20,22H2/b2-1-,8-6-/t21-/m1/s1. The summed E-state index contributed by atoms with van der Waals surface area (Å²) in [6.07, 6.45) is 26.4. The Kier molecular flexibility index (Phi) is 15.5. The summed E-state index contributed by atoms with van der Waals surface area (Å²) >= 11 is 0. The summed E-state index contributed by atoms with van der Waals surface area (Å²) in [7, 11) is 2.26. The van der Waals surface area contributed by atoms with Crippen LogP contribution in [0, 0.1) is 0 Å². The largest absolute Gasteiger partial charge is 0.379 e. The van der Waals surface area contributed by atoms with Gasteiger partial charge in [-0.1, -0.05) is 69.1 Å². The highest BCUT2D eigenvalue weighted by Gasteiger charge is 2.14. The summed E-state index contributed by atoms with van der Waals surface area (Å²) in [6, 6.07) is 0. The molecule has 0 amide bonds. The summed E-state index contributed by atoms with van der Waals surface area (Å²) in [4.78, 5) is 0. The number of ether oxygens (including phenoxy) is 2. The average molecular weight is 334 g/mol. The molecule has 0 N–H and O–H groups in total. The van der Waals surface area contributed by atoms with Crippen LogP contribution >= 0.6 is 0 Å². The predicted octanol–water partition coefficient (Wildman–Crippen LogP) is 5.25. The van der Waals surface area contributed by atoms with Crippen LogP contribution in [0.5, 0.6) is 0 Å². The molecule has 1 aliphatic heterocycles. The van der Waals surface area contributed by atoms with Crippen LogP contribution < -0.4 is 0 Å². The molecule has 0 unspecified atom stereocenters. The smallest absolute Gasteiger partial charge is 0.101 e. The van der Waals surface area contributed by atoms with Gasteiger partial charge in [-0.3, -0.25) is 0 Å². The van der Waals surface area contributed by atoms with Gasteiger partial charge in [0.25, 0.3) is 0 Å². The van der Waals surface area contributed by atoms with Crippen LogP contribution in [0.2, 0.25) is 6.32 Å². The van der Waals surface area contributed by atoms with E-state index in [4.69, 9.17) is 9.47 Å². The van der Waals surface area contributed by atoms with E-state index in [-0.39, 0.29) is 0 Å². The monoisotopic (exact) mass is 334 g/mol. The van der Waals surface area contributed by atoms with Crippen molar-refractivity contribution in [2.75, 3.05) is 19.8 Å². The zero-order chi connectivity index (χ0) is 17.1. The van der Waals surface area contributed by atoms with Crippen LogP contribution in [0.3, 0.4) is 0 Å². The lowest BCUT2D eigenvalue weighted by atomic mass is 9.99. The fourth-order valence-corrected chi connectivity index (χ4v) is 2.98. The van der Waals surface area contributed by atoms with Crippen molar-refractivity contribution < 1.29 is 9.47 Å². The Morgan fingerprint density at radius 2 is 1.50 bits per heavy atom. The van der Waals surface area contributed by atoms with E-state index in [9.17, 15) is 0 Å². The molecule has 1 heterocycles. The molecule has 1 atom stereocenters. The van der Waals surface area contributed by atoms with E-state index in [1.54, 1.807) is 0 Å².